The molecule has 0 aromatic carbocycles. The Labute approximate surface area is 95.4 Å². The van der Waals surface area contributed by atoms with E-state index in [4.69, 9.17) is 0 Å². The van der Waals surface area contributed by atoms with E-state index in [0.29, 0.717) is 6.54 Å². The molecule has 15 heavy (non-hydrogen) atoms. The second-order valence-electron chi connectivity index (χ2n) is 3.43. The Balaban J connectivity index is 2.33. The summed E-state index contributed by atoms with van der Waals surface area (Å²) in [5.74, 6) is 0.446. The van der Waals surface area contributed by atoms with Gasteiger partial charge in [0.25, 0.3) is 0 Å². The summed E-state index contributed by atoms with van der Waals surface area (Å²) in [6.07, 6.45) is 0. The Hall–Kier alpha value is -0.390. The first kappa shape index (κ1) is 12.7. The molecule has 0 unspecified atom stereocenters. The van der Waals surface area contributed by atoms with Crippen LogP contribution in [0.1, 0.15) is 24.8 Å². The van der Waals surface area contributed by atoms with Gasteiger partial charge in [-0.25, -0.2) is 8.42 Å². The predicted octanol–water partition coefficient (Wildman–Crippen LogP) is 1.83. The fraction of sp³-hybridized carbons (Fsp3) is 0.600. The highest BCUT2D eigenvalue weighted by Crippen LogP contribution is 2.17. The van der Waals surface area contributed by atoms with Crippen molar-refractivity contribution < 1.29 is 8.42 Å². The molecule has 0 amide bonds. The number of nitrogens with one attached hydrogen (secondary N) is 1. The first-order valence-corrected chi connectivity index (χ1v) is 7.72. The van der Waals surface area contributed by atoms with Gasteiger partial charge in [0.2, 0.25) is 0 Å². The van der Waals surface area contributed by atoms with Crippen molar-refractivity contribution in [1.29, 1.82) is 0 Å². The summed E-state index contributed by atoms with van der Waals surface area (Å²) < 4.78 is 22.5. The van der Waals surface area contributed by atoms with E-state index >= 15 is 0 Å². The van der Waals surface area contributed by atoms with Crippen LogP contribution in [0.15, 0.2) is 17.5 Å². The third kappa shape index (κ3) is 4.32. The van der Waals surface area contributed by atoms with Crippen LogP contribution in [0.5, 0.6) is 0 Å². The quantitative estimate of drug-likeness (QED) is 0.834. The molecule has 3 nitrogen and oxygen atoms in total. The SMILES string of the molecule is CCS(=O)(=O)CCN[C@@H](C)c1cccs1. The average Bonchev–Trinajstić information content (AvgIpc) is 2.70. The Morgan fingerprint density at radius 2 is 2.27 bits per heavy atom. The maximum absolute atomic E-state index is 11.2. The van der Waals surface area contributed by atoms with Crippen molar-refractivity contribution in [2.24, 2.45) is 0 Å². The molecule has 0 aliphatic carbocycles. The van der Waals surface area contributed by atoms with Gasteiger partial charge in [-0.05, 0) is 18.4 Å². The monoisotopic (exact) mass is 247 g/mol. The molecule has 1 N–H and O–H groups in total. The number of sulfone groups is 1. The predicted molar refractivity (Wildman–Crippen MR) is 65.1 cm³/mol. The van der Waals surface area contributed by atoms with Crippen LogP contribution < -0.4 is 5.32 Å². The molecule has 0 bridgehead atoms. The van der Waals surface area contributed by atoms with Crippen LogP contribution >= 0.6 is 11.3 Å². The van der Waals surface area contributed by atoms with Gasteiger partial charge >= 0.3 is 0 Å². The van der Waals surface area contributed by atoms with Crippen LogP contribution in [0, 0.1) is 0 Å². The summed E-state index contributed by atoms with van der Waals surface area (Å²) in [7, 11) is -2.84. The summed E-state index contributed by atoms with van der Waals surface area (Å²) in [4.78, 5) is 1.24. The third-order valence-electron chi connectivity index (χ3n) is 2.27. The van der Waals surface area contributed by atoms with Gasteiger partial charge in [-0.15, -0.1) is 11.3 Å². The van der Waals surface area contributed by atoms with Gasteiger partial charge in [-0.1, -0.05) is 13.0 Å². The van der Waals surface area contributed by atoms with Gasteiger partial charge in [0.05, 0.1) is 5.75 Å². The number of hydrogen-bond acceptors (Lipinski definition) is 4. The molecule has 1 atom stereocenters. The van der Waals surface area contributed by atoms with Gasteiger partial charge in [0, 0.05) is 23.2 Å². The van der Waals surface area contributed by atoms with Crippen molar-refractivity contribution in [3.63, 3.8) is 0 Å². The Kier molecular flexibility index (Phi) is 4.76. The van der Waals surface area contributed by atoms with Crippen molar-refractivity contribution in [3.8, 4) is 0 Å². The van der Waals surface area contributed by atoms with Crippen molar-refractivity contribution in [1.82, 2.24) is 5.32 Å². The van der Waals surface area contributed by atoms with Crippen LogP contribution in [-0.4, -0.2) is 26.5 Å². The minimum absolute atomic E-state index is 0.221. The topological polar surface area (TPSA) is 46.2 Å². The zero-order valence-electron chi connectivity index (χ0n) is 9.06. The number of thiophene rings is 1. The van der Waals surface area contributed by atoms with Crippen LogP contribution in [0.3, 0.4) is 0 Å². The van der Waals surface area contributed by atoms with Crippen molar-refractivity contribution in [2.45, 2.75) is 19.9 Å². The van der Waals surface area contributed by atoms with Crippen molar-refractivity contribution in [2.75, 3.05) is 18.1 Å². The lowest BCUT2D eigenvalue weighted by Crippen LogP contribution is -2.25. The third-order valence-corrected chi connectivity index (χ3v) is 5.03. The molecule has 1 aromatic heterocycles. The molecule has 0 saturated heterocycles. The van der Waals surface area contributed by atoms with E-state index < -0.39 is 9.84 Å². The van der Waals surface area contributed by atoms with E-state index in [2.05, 4.69) is 11.4 Å². The van der Waals surface area contributed by atoms with E-state index in [9.17, 15) is 8.42 Å². The lowest BCUT2D eigenvalue weighted by molar-refractivity contribution is 0.576. The first-order chi connectivity index (χ1) is 7.05. The molecule has 1 aromatic rings. The molecular weight excluding hydrogens is 230 g/mol. The van der Waals surface area contributed by atoms with Crippen LogP contribution in [0.2, 0.25) is 0 Å². The summed E-state index contributed by atoms with van der Waals surface area (Å²) in [5, 5.41) is 5.23. The van der Waals surface area contributed by atoms with Crippen molar-refractivity contribution in [3.05, 3.63) is 22.4 Å². The maximum Gasteiger partial charge on any atom is 0.151 e. The molecule has 0 aliphatic heterocycles. The molecule has 1 rings (SSSR count). The van der Waals surface area contributed by atoms with Crippen LogP contribution in [0.4, 0.5) is 0 Å². The zero-order chi connectivity index (χ0) is 11.3. The minimum Gasteiger partial charge on any atom is -0.308 e. The van der Waals surface area contributed by atoms with Gasteiger partial charge < -0.3 is 5.32 Å². The molecule has 86 valence electrons. The Morgan fingerprint density at radius 1 is 1.53 bits per heavy atom. The van der Waals surface area contributed by atoms with Gasteiger partial charge in [-0.2, -0.15) is 0 Å². The highest BCUT2D eigenvalue weighted by molar-refractivity contribution is 7.91. The lowest BCUT2D eigenvalue weighted by Gasteiger charge is -2.11. The van der Waals surface area contributed by atoms with Gasteiger partial charge in [0.1, 0.15) is 0 Å². The van der Waals surface area contributed by atoms with E-state index in [1.54, 1.807) is 18.3 Å². The normalized spacial score (nSPS) is 14.0. The minimum atomic E-state index is -2.84. The molecule has 0 radical (unpaired) electrons. The van der Waals surface area contributed by atoms with E-state index in [0.717, 1.165) is 0 Å². The summed E-state index contributed by atoms with van der Waals surface area (Å²) in [6.45, 7) is 4.25. The fourth-order valence-corrected chi connectivity index (χ4v) is 2.69. The second kappa shape index (κ2) is 5.63. The van der Waals surface area contributed by atoms with E-state index in [-0.39, 0.29) is 17.5 Å². The molecule has 0 aliphatic rings. The smallest absolute Gasteiger partial charge is 0.151 e. The second-order valence-corrected chi connectivity index (χ2v) is 6.88. The molecule has 0 saturated carbocycles. The molecule has 0 fully saturated rings. The van der Waals surface area contributed by atoms with Crippen molar-refractivity contribution >= 4 is 21.2 Å². The van der Waals surface area contributed by atoms with E-state index in [1.807, 2.05) is 18.4 Å². The fourth-order valence-electron chi connectivity index (χ4n) is 1.21. The first-order valence-electron chi connectivity index (χ1n) is 5.02. The number of hydrogen-bond donors (Lipinski definition) is 1. The summed E-state index contributed by atoms with van der Waals surface area (Å²) in [6, 6.07) is 4.29. The zero-order valence-corrected chi connectivity index (χ0v) is 10.7. The standard InChI is InChI=1S/C10H17NO2S2/c1-3-15(12,13)8-6-11-9(2)10-5-4-7-14-10/h4-5,7,9,11H,3,6,8H2,1-2H3/t9-/m0/s1. The lowest BCUT2D eigenvalue weighted by atomic mass is 10.3. The molecular formula is C10H17NO2S2. The maximum atomic E-state index is 11.2. The Bertz CT molecular complexity index is 370. The highest BCUT2D eigenvalue weighted by atomic mass is 32.2. The average molecular weight is 247 g/mol. The molecule has 5 heteroatoms. The summed E-state index contributed by atoms with van der Waals surface area (Å²) in [5.41, 5.74) is 0. The van der Waals surface area contributed by atoms with E-state index in [1.165, 1.54) is 4.88 Å². The Morgan fingerprint density at radius 3 is 2.80 bits per heavy atom. The van der Waals surface area contributed by atoms with Crippen LogP contribution in [0.25, 0.3) is 0 Å². The largest absolute Gasteiger partial charge is 0.308 e. The summed E-state index contributed by atoms with van der Waals surface area (Å²) >= 11 is 1.68. The highest BCUT2D eigenvalue weighted by Gasteiger charge is 2.09. The number of rotatable bonds is 6. The van der Waals surface area contributed by atoms with Gasteiger partial charge in [-0.3, -0.25) is 0 Å². The molecule has 0 spiro atoms. The van der Waals surface area contributed by atoms with Crippen LogP contribution in [-0.2, 0) is 9.84 Å². The molecule has 1 heterocycles. The van der Waals surface area contributed by atoms with Gasteiger partial charge in [0.15, 0.2) is 9.84 Å².